The Morgan fingerprint density at radius 3 is 2.75 bits per heavy atom. The van der Waals surface area contributed by atoms with Gasteiger partial charge in [-0.15, -0.1) is 0 Å². The summed E-state index contributed by atoms with van der Waals surface area (Å²) in [7, 11) is 0. The minimum absolute atomic E-state index is 0.596. The van der Waals surface area contributed by atoms with Crippen molar-refractivity contribution < 1.29 is 0 Å². The molecule has 3 N–H and O–H groups in total. The second-order valence-corrected chi connectivity index (χ2v) is 3.98. The van der Waals surface area contributed by atoms with Crippen molar-refractivity contribution in [3.63, 3.8) is 0 Å². The van der Waals surface area contributed by atoms with Crippen LogP contribution < -0.4 is 11.1 Å². The lowest BCUT2D eigenvalue weighted by molar-refractivity contribution is 1.33. The molecule has 0 saturated heterocycles. The zero-order valence-corrected chi connectivity index (χ0v) is 9.62. The summed E-state index contributed by atoms with van der Waals surface area (Å²) in [5, 5.41) is 3.85. The molecule has 82 valence electrons. The highest BCUT2D eigenvalue weighted by Gasteiger charge is 2.03. The highest BCUT2D eigenvalue weighted by molar-refractivity contribution is 6.33. The van der Waals surface area contributed by atoms with Crippen molar-refractivity contribution in [2.75, 3.05) is 11.1 Å². The normalized spacial score (nSPS) is 10.1. The number of nitrogens with one attached hydrogen (secondary N) is 1. The van der Waals surface area contributed by atoms with E-state index in [2.05, 4.69) is 10.3 Å². The van der Waals surface area contributed by atoms with Gasteiger partial charge in [0.05, 0.1) is 28.3 Å². The van der Waals surface area contributed by atoms with Gasteiger partial charge in [-0.3, -0.25) is 4.98 Å². The third-order valence-electron chi connectivity index (χ3n) is 2.25. The van der Waals surface area contributed by atoms with E-state index >= 15 is 0 Å². The molecule has 0 fully saturated rings. The molecule has 0 aliphatic rings. The first-order chi connectivity index (χ1) is 7.66. The maximum atomic E-state index is 6.11. The van der Waals surface area contributed by atoms with Crippen molar-refractivity contribution in [1.29, 1.82) is 0 Å². The number of rotatable bonds is 2. The first-order valence-electron chi connectivity index (χ1n) is 4.89. The molecule has 2 aromatic rings. The van der Waals surface area contributed by atoms with E-state index in [4.69, 9.17) is 17.3 Å². The minimum Gasteiger partial charge on any atom is -0.396 e. The number of aromatic nitrogens is 1. The number of benzene rings is 1. The van der Waals surface area contributed by atoms with Crippen LogP contribution in [0.3, 0.4) is 0 Å². The zero-order chi connectivity index (χ0) is 11.5. The topological polar surface area (TPSA) is 50.9 Å². The summed E-state index contributed by atoms with van der Waals surface area (Å²) in [5.74, 6) is 0. The van der Waals surface area contributed by atoms with Crippen LogP contribution in [0.2, 0.25) is 5.02 Å². The zero-order valence-electron chi connectivity index (χ0n) is 8.87. The molecule has 4 heteroatoms. The van der Waals surface area contributed by atoms with Gasteiger partial charge in [-0.05, 0) is 30.7 Å². The second-order valence-electron chi connectivity index (χ2n) is 3.57. The van der Waals surface area contributed by atoms with Gasteiger partial charge in [-0.2, -0.15) is 0 Å². The molecule has 1 heterocycles. The van der Waals surface area contributed by atoms with Crippen LogP contribution >= 0.6 is 11.6 Å². The Morgan fingerprint density at radius 1 is 1.25 bits per heavy atom. The van der Waals surface area contributed by atoms with Gasteiger partial charge in [0, 0.05) is 6.20 Å². The Hall–Kier alpha value is -1.74. The number of hydrogen-bond donors (Lipinski definition) is 2. The maximum absolute atomic E-state index is 6.11. The maximum Gasteiger partial charge on any atom is 0.0739 e. The Labute approximate surface area is 99.3 Å². The fourth-order valence-corrected chi connectivity index (χ4v) is 1.67. The number of pyridine rings is 1. The SMILES string of the molecule is Cc1ccc(Nc2ccncc2N)c(Cl)c1. The largest absolute Gasteiger partial charge is 0.396 e. The van der Waals surface area contributed by atoms with Crippen LogP contribution in [0, 0.1) is 6.92 Å². The van der Waals surface area contributed by atoms with Gasteiger partial charge >= 0.3 is 0 Å². The molecule has 0 unspecified atom stereocenters. The van der Waals surface area contributed by atoms with E-state index < -0.39 is 0 Å². The molecule has 2 rings (SSSR count). The molecule has 0 aliphatic carbocycles. The van der Waals surface area contributed by atoms with Crippen molar-refractivity contribution in [2.45, 2.75) is 6.92 Å². The molecule has 1 aromatic heterocycles. The molecule has 3 nitrogen and oxygen atoms in total. The molecule has 0 atom stereocenters. The fraction of sp³-hybridized carbons (Fsp3) is 0.0833. The first kappa shape index (κ1) is 10.8. The van der Waals surface area contributed by atoms with Gasteiger partial charge in [0.1, 0.15) is 0 Å². The number of halogens is 1. The number of nitrogens with two attached hydrogens (primary N) is 1. The van der Waals surface area contributed by atoms with E-state index in [-0.39, 0.29) is 0 Å². The Morgan fingerprint density at radius 2 is 2.06 bits per heavy atom. The van der Waals surface area contributed by atoms with E-state index in [0.29, 0.717) is 10.7 Å². The minimum atomic E-state index is 0.596. The summed E-state index contributed by atoms with van der Waals surface area (Å²) in [6.45, 7) is 2.00. The third kappa shape index (κ3) is 2.25. The molecule has 16 heavy (non-hydrogen) atoms. The summed E-state index contributed by atoms with van der Waals surface area (Å²) in [4.78, 5) is 3.93. The van der Waals surface area contributed by atoms with E-state index in [1.54, 1.807) is 12.4 Å². The fourth-order valence-electron chi connectivity index (χ4n) is 1.39. The smallest absolute Gasteiger partial charge is 0.0739 e. The highest BCUT2D eigenvalue weighted by atomic mass is 35.5. The molecular formula is C12H12ClN3. The highest BCUT2D eigenvalue weighted by Crippen LogP contribution is 2.28. The van der Waals surface area contributed by atoms with Crippen molar-refractivity contribution in [1.82, 2.24) is 4.98 Å². The number of nitrogen functional groups attached to an aromatic ring is 1. The first-order valence-corrected chi connectivity index (χ1v) is 5.27. The quantitative estimate of drug-likeness (QED) is 0.836. The Bertz CT molecular complexity index is 511. The summed E-state index contributed by atoms with van der Waals surface area (Å²) in [6.07, 6.45) is 3.28. The monoisotopic (exact) mass is 233 g/mol. The van der Waals surface area contributed by atoms with Crippen LogP contribution in [0.25, 0.3) is 0 Å². The van der Waals surface area contributed by atoms with E-state index in [1.807, 2.05) is 31.2 Å². The summed E-state index contributed by atoms with van der Waals surface area (Å²) < 4.78 is 0. The van der Waals surface area contributed by atoms with Crippen molar-refractivity contribution in [3.05, 3.63) is 47.2 Å². The number of anilines is 3. The van der Waals surface area contributed by atoms with Crippen molar-refractivity contribution in [2.24, 2.45) is 0 Å². The molecule has 0 amide bonds. The molecule has 0 bridgehead atoms. The van der Waals surface area contributed by atoms with Gasteiger partial charge in [0.2, 0.25) is 0 Å². The average molecular weight is 234 g/mol. The molecule has 0 saturated carbocycles. The summed E-state index contributed by atoms with van der Waals surface area (Å²) in [5.41, 5.74) is 9.14. The second kappa shape index (κ2) is 4.41. The number of hydrogen-bond acceptors (Lipinski definition) is 3. The number of nitrogens with zero attached hydrogens (tertiary/aromatic N) is 1. The third-order valence-corrected chi connectivity index (χ3v) is 2.56. The predicted molar refractivity (Wildman–Crippen MR) is 68.1 cm³/mol. The average Bonchev–Trinajstić information content (AvgIpc) is 2.25. The van der Waals surface area contributed by atoms with E-state index in [9.17, 15) is 0 Å². The standard InChI is InChI=1S/C12H12ClN3/c1-8-2-3-11(9(13)6-8)16-12-4-5-15-7-10(12)14/h2-7H,14H2,1H3,(H,15,16). The Kier molecular flexibility index (Phi) is 2.97. The lowest BCUT2D eigenvalue weighted by atomic mass is 10.2. The van der Waals surface area contributed by atoms with Gasteiger partial charge in [-0.1, -0.05) is 17.7 Å². The van der Waals surface area contributed by atoms with Crippen LogP contribution in [-0.4, -0.2) is 4.98 Å². The summed E-state index contributed by atoms with van der Waals surface area (Å²) >= 11 is 6.11. The Balaban J connectivity index is 2.31. The van der Waals surface area contributed by atoms with Crippen LogP contribution in [-0.2, 0) is 0 Å². The van der Waals surface area contributed by atoms with Crippen LogP contribution in [0.5, 0.6) is 0 Å². The molecular weight excluding hydrogens is 222 g/mol. The molecule has 1 aromatic carbocycles. The molecule has 0 spiro atoms. The van der Waals surface area contributed by atoms with Crippen molar-refractivity contribution >= 4 is 28.7 Å². The van der Waals surface area contributed by atoms with Gasteiger partial charge in [0.25, 0.3) is 0 Å². The summed E-state index contributed by atoms with van der Waals surface area (Å²) in [6, 6.07) is 7.63. The lowest BCUT2D eigenvalue weighted by Gasteiger charge is -2.10. The van der Waals surface area contributed by atoms with E-state index in [0.717, 1.165) is 16.9 Å². The van der Waals surface area contributed by atoms with Crippen LogP contribution in [0.15, 0.2) is 36.7 Å². The van der Waals surface area contributed by atoms with Crippen molar-refractivity contribution in [3.8, 4) is 0 Å². The van der Waals surface area contributed by atoms with Gasteiger partial charge in [-0.25, -0.2) is 0 Å². The van der Waals surface area contributed by atoms with Crippen LogP contribution in [0.4, 0.5) is 17.1 Å². The van der Waals surface area contributed by atoms with Crippen LogP contribution in [0.1, 0.15) is 5.56 Å². The van der Waals surface area contributed by atoms with Gasteiger partial charge in [0.15, 0.2) is 0 Å². The molecule has 0 radical (unpaired) electrons. The van der Waals surface area contributed by atoms with E-state index in [1.165, 1.54) is 0 Å². The van der Waals surface area contributed by atoms with Gasteiger partial charge < -0.3 is 11.1 Å². The lowest BCUT2D eigenvalue weighted by Crippen LogP contribution is -1.97. The number of aryl methyl sites for hydroxylation is 1. The molecule has 0 aliphatic heterocycles. The predicted octanol–water partition coefficient (Wildman–Crippen LogP) is 3.37.